The molecule has 0 aromatic heterocycles. The van der Waals surface area contributed by atoms with Gasteiger partial charge in [-0.25, -0.2) is 0 Å². The highest BCUT2D eigenvalue weighted by Crippen LogP contribution is 2.26. The SMILES string of the molecule is COc1ccc(C)cc1C(C)NC(=O)/C=C/c1ccccc1C. The number of nitrogens with one attached hydrogen (secondary N) is 1. The molecule has 3 nitrogen and oxygen atoms in total. The van der Waals surface area contributed by atoms with Crippen molar-refractivity contribution in [2.24, 2.45) is 0 Å². The van der Waals surface area contributed by atoms with Crippen molar-refractivity contribution in [1.29, 1.82) is 0 Å². The maximum Gasteiger partial charge on any atom is 0.244 e. The topological polar surface area (TPSA) is 38.3 Å². The lowest BCUT2D eigenvalue weighted by molar-refractivity contribution is -0.117. The highest BCUT2D eigenvalue weighted by Gasteiger charge is 2.13. The number of amides is 1. The van der Waals surface area contributed by atoms with E-state index in [-0.39, 0.29) is 11.9 Å². The molecular weight excluding hydrogens is 286 g/mol. The van der Waals surface area contributed by atoms with E-state index in [0.717, 1.165) is 28.0 Å². The molecule has 1 atom stereocenters. The lowest BCUT2D eigenvalue weighted by Gasteiger charge is -2.17. The van der Waals surface area contributed by atoms with E-state index < -0.39 is 0 Å². The summed E-state index contributed by atoms with van der Waals surface area (Å²) in [6.07, 6.45) is 3.41. The first-order valence-electron chi connectivity index (χ1n) is 7.70. The zero-order valence-corrected chi connectivity index (χ0v) is 14.1. The van der Waals surface area contributed by atoms with Crippen LogP contribution in [0.1, 0.15) is 35.2 Å². The Bertz CT molecular complexity index is 719. The Morgan fingerprint density at radius 2 is 1.91 bits per heavy atom. The van der Waals surface area contributed by atoms with Crippen LogP contribution >= 0.6 is 0 Å². The number of carbonyl (C=O) groups excluding carboxylic acids is 1. The third-order valence-electron chi connectivity index (χ3n) is 3.81. The van der Waals surface area contributed by atoms with Gasteiger partial charge in [-0.2, -0.15) is 0 Å². The van der Waals surface area contributed by atoms with Crippen molar-refractivity contribution < 1.29 is 9.53 Å². The summed E-state index contributed by atoms with van der Waals surface area (Å²) in [5.74, 6) is 0.663. The Labute approximate surface area is 138 Å². The van der Waals surface area contributed by atoms with Crippen LogP contribution in [0.4, 0.5) is 0 Å². The summed E-state index contributed by atoms with van der Waals surface area (Å²) in [5.41, 5.74) is 4.30. The fraction of sp³-hybridized carbons (Fsp3) is 0.250. The van der Waals surface area contributed by atoms with Crippen molar-refractivity contribution in [2.45, 2.75) is 26.8 Å². The number of ether oxygens (including phenoxy) is 1. The summed E-state index contributed by atoms with van der Waals surface area (Å²) >= 11 is 0. The smallest absolute Gasteiger partial charge is 0.244 e. The van der Waals surface area contributed by atoms with Crippen LogP contribution < -0.4 is 10.1 Å². The molecule has 3 heteroatoms. The van der Waals surface area contributed by atoms with Crippen LogP contribution in [0.15, 0.2) is 48.5 Å². The van der Waals surface area contributed by atoms with Crippen LogP contribution in [-0.4, -0.2) is 13.0 Å². The van der Waals surface area contributed by atoms with Crippen molar-refractivity contribution in [3.63, 3.8) is 0 Å². The number of methoxy groups -OCH3 is 1. The third-order valence-corrected chi connectivity index (χ3v) is 3.81. The van der Waals surface area contributed by atoms with E-state index in [0.29, 0.717) is 0 Å². The zero-order valence-electron chi connectivity index (χ0n) is 14.1. The first kappa shape index (κ1) is 16.8. The van der Waals surface area contributed by atoms with E-state index in [2.05, 4.69) is 5.32 Å². The predicted octanol–water partition coefficient (Wildman–Crippen LogP) is 4.20. The van der Waals surface area contributed by atoms with E-state index in [1.807, 2.05) is 69.3 Å². The molecule has 0 aliphatic carbocycles. The molecule has 1 N–H and O–H groups in total. The van der Waals surface area contributed by atoms with Gasteiger partial charge >= 0.3 is 0 Å². The zero-order chi connectivity index (χ0) is 16.8. The highest BCUT2D eigenvalue weighted by molar-refractivity contribution is 5.92. The summed E-state index contributed by atoms with van der Waals surface area (Å²) in [7, 11) is 1.64. The molecule has 0 spiro atoms. The molecule has 0 fully saturated rings. The fourth-order valence-electron chi connectivity index (χ4n) is 2.47. The molecule has 0 saturated carbocycles. The van der Waals surface area contributed by atoms with Gasteiger partial charge in [-0.15, -0.1) is 0 Å². The summed E-state index contributed by atoms with van der Waals surface area (Å²) < 4.78 is 5.38. The van der Waals surface area contributed by atoms with Crippen molar-refractivity contribution in [2.75, 3.05) is 7.11 Å². The lowest BCUT2D eigenvalue weighted by Crippen LogP contribution is -2.25. The first-order chi connectivity index (χ1) is 11.0. The van der Waals surface area contributed by atoms with Crippen molar-refractivity contribution in [3.05, 3.63) is 70.8 Å². The lowest BCUT2D eigenvalue weighted by atomic mass is 10.0. The van der Waals surface area contributed by atoms with Crippen LogP contribution in [0.3, 0.4) is 0 Å². The van der Waals surface area contributed by atoms with E-state index in [9.17, 15) is 4.79 Å². The molecule has 23 heavy (non-hydrogen) atoms. The molecule has 0 heterocycles. The average Bonchev–Trinajstić information content (AvgIpc) is 2.54. The minimum absolute atomic E-state index is 0.121. The Morgan fingerprint density at radius 3 is 2.61 bits per heavy atom. The van der Waals surface area contributed by atoms with Gasteiger partial charge in [-0.3, -0.25) is 4.79 Å². The quantitative estimate of drug-likeness (QED) is 0.841. The Kier molecular flexibility index (Phi) is 5.58. The maximum absolute atomic E-state index is 12.2. The standard InChI is InChI=1S/C20H23NO2/c1-14-9-11-19(23-4)18(13-14)16(3)21-20(22)12-10-17-8-6-5-7-15(17)2/h5-13,16H,1-4H3,(H,21,22)/b12-10+. The second kappa shape index (κ2) is 7.63. The van der Waals surface area contributed by atoms with Gasteiger partial charge in [0.1, 0.15) is 5.75 Å². The third kappa shape index (κ3) is 4.46. The second-order valence-corrected chi connectivity index (χ2v) is 5.67. The van der Waals surface area contributed by atoms with Gasteiger partial charge in [0, 0.05) is 11.6 Å². The molecule has 0 saturated heterocycles. The van der Waals surface area contributed by atoms with Gasteiger partial charge in [0.2, 0.25) is 5.91 Å². The average molecular weight is 309 g/mol. The summed E-state index contributed by atoms with van der Waals surface area (Å²) in [6, 6.07) is 13.8. The van der Waals surface area contributed by atoms with Gasteiger partial charge in [0.25, 0.3) is 0 Å². The molecular formula is C20H23NO2. The number of hydrogen-bond donors (Lipinski definition) is 1. The molecule has 2 rings (SSSR count). The molecule has 0 aliphatic heterocycles. The number of rotatable bonds is 5. The van der Waals surface area contributed by atoms with Gasteiger partial charge in [0.05, 0.1) is 13.2 Å². The van der Waals surface area contributed by atoms with E-state index in [1.165, 1.54) is 0 Å². The van der Waals surface area contributed by atoms with Gasteiger partial charge in [0.15, 0.2) is 0 Å². The Morgan fingerprint density at radius 1 is 1.17 bits per heavy atom. The van der Waals surface area contributed by atoms with Gasteiger partial charge < -0.3 is 10.1 Å². The molecule has 0 radical (unpaired) electrons. The molecule has 120 valence electrons. The second-order valence-electron chi connectivity index (χ2n) is 5.67. The van der Waals surface area contributed by atoms with E-state index in [1.54, 1.807) is 13.2 Å². The number of aryl methyl sites for hydroxylation is 2. The van der Waals surface area contributed by atoms with Crippen molar-refractivity contribution in [3.8, 4) is 5.75 Å². The fourth-order valence-corrected chi connectivity index (χ4v) is 2.47. The van der Waals surface area contributed by atoms with Crippen molar-refractivity contribution >= 4 is 12.0 Å². The van der Waals surface area contributed by atoms with Crippen LogP contribution in [0.25, 0.3) is 6.08 Å². The van der Waals surface area contributed by atoms with Gasteiger partial charge in [-0.05, 0) is 44.0 Å². The predicted molar refractivity (Wildman–Crippen MR) is 94.5 cm³/mol. The minimum Gasteiger partial charge on any atom is -0.496 e. The van der Waals surface area contributed by atoms with Crippen molar-refractivity contribution in [1.82, 2.24) is 5.32 Å². The van der Waals surface area contributed by atoms with Gasteiger partial charge in [-0.1, -0.05) is 42.0 Å². The number of benzene rings is 2. The van der Waals surface area contributed by atoms with E-state index >= 15 is 0 Å². The molecule has 1 unspecified atom stereocenters. The molecule has 0 aliphatic rings. The van der Waals surface area contributed by atoms with Crippen LogP contribution in [-0.2, 0) is 4.79 Å². The van der Waals surface area contributed by atoms with Crippen LogP contribution in [0, 0.1) is 13.8 Å². The Hall–Kier alpha value is -2.55. The summed E-state index contributed by atoms with van der Waals surface area (Å²) in [6.45, 7) is 6.00. The summed E-state index contributed by atoms with van der Waals surface area (Å²) in [4.78, 5) is 12.2. The molecule has 2 aromatic rings. The number of carbonyl (C=O) groups is 1. The Balaban J connectivity index is 2.08. The molecule has 1 amide bonds. The number of hydrogen-bond acceptors (Lipinski definition) is 2. The minimum atomic E-state index is -0.126. The largest absolute Gasteiger partial charge is 0.496 e. The van der Waals surface area contributed by atoms with Crippen LogP contribution in [0.5, 0.6) is 5.75 Å². The monoisotopic (exact) mass is 309 g/mol. The molecule has 0 bridgehead atoms. The maximum atomic E-state index is 12.2. The molecule has 2 aromatic carbocycles. The van der Waals surface area contributed by atoms with Crippen LogP contribution in [0.2, 0.25) is 0 Å². The normalized spacial score (nSPS) is 12.2. The first-order valence-corrected chi connectivity index (χ1v) is 7.70. The summed E-state index contributed by atoms with van der Waals surface area (Å²) in [5, 5.41) is 2.98. The highest BCUT2D eigenvalue weighted by atomic mass is 16.5. The van der Waals surface area contributed by atoms with E-state index in [4.69, 9.17) is 4.74 Å².